The lowest BCUT2D eigenvalue weighted by atomic mass is 10.1. The summed E-state index contributed by atoms with van der Waals surface area (Å²) in [6, 6.07) is 23.1. The highest BCUT2D eigenvalue weighted by Gasteiger charge is 2.46. The van der Waals surface area contributed by atoms with E-state index in [9.17, 15) is 14.4 Å². The molecule has 7 heteroatoms. The summed E-state index contributed by atoms with van der Waals surface area (Å²) in [5, 5.41) is 2.87. The van der Waals surface area contributed by atoms with Crippen LogP contribution in [0.1, 0.15) is 40.6 Å². The average molecular weight is 442 g/mol. The lowest BCUT2D eigenvalue weighted by Gasteiger charge is -2.29. The molecule has 1 fully saturated rings. The number of amides is 2. The van der Waals surface area contributed by atoms with E-state index >= 15 is 0 Å². The van der Waals surface area contributed by atoms with Gasteiger partial charge in [0.2, 0.25) is 18.0 Å². The van der Waals surface area contributed by atoms with Crippen molar-refractivity contribution in [3.8, 4) is 5.75 Å². The Bertz CT molecular complexity index is 1190. The van der Waals surface area contributed by atoms with Crippen LogP contribution in [-0.4, -0.2) is 28.7 Å². The van der Waals surface area contributed by atoms with Gasteiger partial charge >= 0.3 is 5.97 Å². The van der Waals surface area contributed by atoms with E-state index in [1.807, 2.05) is 30.3 Å². The van der Waals surface area contributed by atoms with Crippen molar-refractivity contribution < 1.29 is 23.9 Å². The van der Waals surface area contributed by atoms with E-state index in [2.05, 4.69) is 5.32 Å². The number of likely N-dealkylation sites (tertiary alicyclic amines) is 1. The lowest BCUT2D eigenvalue weighted by molar-refractivity contribution is -0.144. The number of nitrogens with one attached hydrogen (secondary N) is 1. The summed E-state index contributed by atoms with van der Waals surface area (Å²) in [6.45, 7) is 0.452. The Morgan fingerprint density at radius 3 is 2.48 bits per heavy atom. The highest BCUT2D eigenvalue weighted by molar-refractivity contribution is 6.00. The van der Waals surface area contributed by atoms with Crippen LogP contribution < -0.4 is 10.1 Å². The van der Waals surface area contributed by atoms with Gasteiger partial charge in [0.05, 0.1) is 5.56 Å². The predicted molar refractivity (Wildman–Crippen MR) is 120 cm³/mol. The van der Waals surface area contributed by atoms with Crippen molar-refractivity contribution in [2.75, 3.05) is 5.32 Å². The minimum absolute atomic E-state index is 0.214. The second kappa shape index (κ2) is 8.78. The molecule has 0 saturated carbocycles. The number of fused-ring (bicyclic) bond motifs is 1. The van der Waals surface area contributed by atoms with Crippen LogP contribution in [-0.2, 0) is 20.9 Å². The first-order valence-corrected chi connectivity index (χ1v) is 10.8. The Labute approximate surface area is 190 Å². The number of carbonyl (C=O) groups is 3. The first-order chi connectivity index (χ1) is 16.1. The first-order valence-electron chi connectivity index (χ1n) is 10.8. The van der Waals surface area contributed by atoms with Gasteiger partial charge in [-0.25, -0.2) is 4.79 Å². The number of anilines is 1. The van der Waals surface area contributed by atoms with Gasteiger partial charge in [-0.3, -0.25) is 14.5 Å². The summed E-state index contributed by atoms with van der Waals surface area (Å²) < 4.78 is 11.2. The third kappa shape index (κ3) is 4.17. The van der Waals surface area contributed by atoms with Crippen LogP contribution >= 0.6 is 0 Å². The van der Waals surface area contributed by atoms with Gasteiger partial charge in [-0.15, -0.1) is 0 Å². The van der Waals surface area contributed by atoms with Crippen molar-refractivity contribution in [1.82, 2.24) is 4.90 Å². The molecule has 1 saturated heterocycles. The molecule has 2 aliphatic heterocycles. The van der Waals surface area contributed by atoms with Crippen LogP contribution in [0.5, 0.6) is 5.75 Å². The summed E-state index contributed by atoms with van der Waals surface area (Å²) in [5.74, 6) is -0.335. The van der Waals surface area contributed by atoms with Gasteiger partial charge in [0.25, 0.3) is 0 Å². The second-order valence-corrected chi connectivity index (χ2v) is 7.99. The van der Waals surface area contributed by atoms with Crippen molar-refractivity contribution in [2.24, 2.45) is 0 Å². The number of ether oxygens (including phenoxy) is 2. The quantitative estimate of drug-likeness (QED) is 0.582. The number of nitrogens with zero attached hydrogens (tertiary/aromatic N) is 1. The molecule has 2 atom stereocenters. The van der Waals surface area contributed by atoms with Gasteiger partial charge in [-0.2, -0.15) is 0 Å². The number of hydrogen-bond acceptors (Lipinski definition) is 5. The van der Waals surface area contributed by atoms with Crippen molar-refractivity contribution in [1.29, 1.82) is 0 Å². The predicted octanol–water partition coefficient (Wildman–Crippen LogP) is 4.06. The fraction of sp³-hybridized carbons (Fsp3) is 0.192. The third-order valence-corrected chi connectivity index (χ3v) is 5.85. The molecule has 3 aromatic rings. The van der Waals surface area contributed by atoms with Gasteiger partial charge in [0.1, 0.15) is 18.4 Å². The lowest BCUT2D eigenvalue weighted by Crippen LogP contribution is -2.43. The summed E-state index contributed by atoms with van der Waals surface area (Å²) in [5.41, 5.74) is 2.69. The zero-order chi connectivity index (χ0) is 22.8. The topological polar surface area (TPSA) is 84.9 Å². The molecule has 166 valence electrons. The minimum atomic E-state index is -0.881. The molecule has 0 bridgehead atoms. The Hall–Kier alpha value is -4.13. The Morgan fingerprint density at radius 1 is 0.970 bits per heavy atom. The molecule has 33 heavy (non-hydrogen) atoms. The van der Waals surface area contributed by atoms with E-state index in [4.69, 9.17) is 9.47 Å². The fourth-order valence-electron chi connectivity index (χ4n) is 4.19. The van der Waals surface area contributed by atoms with Gasteiger partial charge in [-0.05, 0) is 42.3 Å². The molecule has 5 rings (SSSR count). The number of carbonyl (C=O) groups excluding carboxylic acids is 3. The molecule has 7 nitrogen and oxygen atoms in total. The summed E-state index contributed by atoms with van der Waals surface area (Å²) in [6.07, 6.45) is -0.298. The maximum Gasteiger partial charge on any atom is 0.340 e. The van der Waals surface area contributed by atoms with E-state index in [1.165, 1.54) is 4.90 Å². The molecule has 0 spiro atoms. The SMILES string of the molecule is O=C1O[C@@H](N2C(=O)CC[C@H]2C(=O)Nc2ccc(OCc3ccccc3)cc2)c2ccccc21. The van der Waals surface area contributed by atoms with Gasteiger partial charge in [-0.1, -0.05) is 48.5 Å². The van der Waals surface area contributed by atoms with Crippen molar-refractivity contribution in [3.63, 3.8) is 0 Å². The number of rotatable bonds is 6. The van der Waals surface area contributed by atoms with Crippen LogP contribution in [0.15, 0.2) is 78.9 Å². The monoisotopic (exact) mass is 442 g/mol. The van der Waals surface area contributed by atoms with E-state index in [-0.39, 0.29) is 18.2 Å². The average Bonchev–Trinajstić information content (AvgIpc) is 3.39. The molecular weight excluding hydrogens is 420 g/mol. The van der Waals surface area contributed by atoms with E-state index in [0.29, 0.717) is 35.6 Å². The minimum Gasteiger partial charge on any atom is -0.489 e. The van der Waals surface area contributed by atoms with Crippen LogP contribution in [0, 0.1) is 0 Å². The van der Waals surface area contributed by atoms with Crippen molar-refractivity contribution in [2.45, 2.75) is 31.7 Å². The van der Waals surface area contributed by atoms with Crippen LogP contribution in [0.25, 0.3) is 0 Å². The molecule has 2 heterocycles. The van der Waals surface area contributed by atoms with Gasteiger partial charge in [0.15, 0.2) is 0 Å². The summed E-state index contributed by atoms with van der Waals surface area (Å²) in [7, 11) is 0. The smallest absolute Gasteiger partial charge is 0.340 e. The van der Waals surface area contributed by atoms with Crippen LogP contribution in [0.2, 0.25) is 0 Å². The zero-order valence-corrected chi connectivity index (χ0v) is 17.8. The third-order valence-electron chi connectivity index (χ3n) is 5.85. The highest BCUT2D eigenvalue weighted by Crippen LogP contribution is 2.38. The molecule has 1 N–H and O–H groups in total. The Kier molecular flexibility index (Phi) is 5.52. The zero-order valence-electron chi connectivity index (χ0n) is 17.8. The molecule has 0 unspecified atom stereocenters. The molecule has 0 radical (unpaired) electrons. The Balaban J connectivity index is 1.25. The maximum absolute atomic E-state index is 13.0. The standard InChI is InChI=1S/C26H22N2O5/c29-23-15-14-22(28(23)25-20-8-4-5-9-21(20)26(31)33-25)24(30)27-18-10-12-19(13-11-18)32-16-17-6-2-1-3-7-17/h1-13,22,25H,14-16H2,(H,27,30)/t22-,25+/m0/s1. The normalized spacial score (nSPS) is 19.2. The molecule has 0 aliphatic carbocycles. The summed E-state index contributed by atoms with van der Waals surface area (Å²) >= 11 is 0. The van der Waals surface area contributed by atoms with Gasteiger partial charge in [0, 0.05) is 17.7 Å². The van der Waals surface area contributed by atoms with Crippen molar-refractivity contribution >= 4 is 23.5 Å². The molecule has 3 aromatic carbocycles. The van der Waals surface area contributed by atoms with Crippen LogP contribution in [0.4, 0.5) is 5.69 Å². The maximum atomic E-state index is 13.0. The largest absolute Gasteiger partial charge is 0.489 e. The van der Waals surface area contributed by atoms with E-state index in [1.54, 1.807) is 48.5 Å². The van der Waals surface area contributed by atoms with Crippen molar-refractivity contribution in [3.05, 3.63) is 95.6 Å². The fourth-order valence-corrected chi connectivity index (χ4v) is 4.19. The molecule has 2 aliphatic rings. The molecule has 2 amide bonds. The van der Waals surface area contributed by atoms with Gasteiger partial charge < -0.3 is 14.8 Å². The van der Waals surface area contributed by atoms with E-state index < -0.39 is 18.2 Å². The molecule has 0 aromatic heterocycles. The summed E-state index contributed by atoms with van der Waals surface area (Å²) in [4.78, 5) is 39.3. The second-order valence-electron chi connectivity index (χ2n) is 7.99. The first kappa shape index (κ1) is 20.8. The number of benzene rings is 3. The number of cyclic esters (lactones) is 1. The number of esters is 1. The van der Waals surface area contributed by atoms with Crippen LogP contribution in [0.3, 0.4) is 0 Å². The molecular formula is C26H22N2O5. The Morgan fingerprint density at radius 2 is 1.70 bits per heavy atom. The highest BCUT2D eigenvalue weighted by atomic mass is 16.6. The number of hydrogen-bond donors (Lipinski definition) is 1. The van der Waals surface area contributed by atoms with E-state index in [0.717, 1.165) is 5.56 Å².